The third kappa shape index (κ3) is 8.17. The van der Waals surface area contributed by atoms with Gasteiger partial charge in [0.15, 0.2) is 6.04 Å². The Kier molecular flexibility index (Phi) is 10.9. The highest BCUT2D eigenvalue weighted by Gasteiger charge is 2.32. The van der Waals surface area contributed by atoms with Crippen LogP contribution in [-0.4, -0.2) is 94.4 Å². The summed E-state index contributed by atoms with van der Waals surface area (Å²) < 4.78 is 0. The van der Waals surface area contributed by atoms with Gasteiger partial charge in [-0.15, -0.1) is 0 Å². The molecular formula is C17H30N4O7S. The highest BCUT2D eigenvalue weighted by molar-refractivity contribution is 7.98. The van der Waals surface area contributed by atoms with Crippen molar-refractivity contribution in [1.29, 1.82) is 0 Å². The van der Waals surface area contributed by atoms with E-state index in [1.165, 1.54) is 18.7 Å². The molecule has 5 atom stereocenters. The third-order valence-corrected chi connectivity index (χ3v) is 5.13. The molecule has 29 heavy (non-hydrogen) atoms. The molecule has 1 heterocycles. The Morgan fingerprint density at radius 2 is 1.79 bits per heavy atom. The fourth-order valence-corrected chi connectivity index (χ4v) is 3.27. The first kappa shape index (κ1) is 25.1. The molecule has 5 unspecified atom stereocenters. The second kappa shape index (κ2) is 12.6. The second-order valence-corrected chi connectivity index (χ2v) is 7.79. The fourth-order valence-electron chi connectivity index (χ4n) is 2.79. The van der Waals surface area contributed by atoms with Crippen LogP contribution in [0.4, 0.5) is 0 Å². The van der Waals surface area contributed by atoms with Crippen molar-refractivity contribution in [1.82, 2.24) is 21.3 Å². The minimum Gasteiger partial charge on any atom is -0.480 e. The molecule has 11 nitrogen and oxygen atoms in total. The number of aliphatic hydroxyl groups excluding tert-OH is 2. The van der Waals surface area contributed by atoms with Gasteiger partial charge in [-0.3, -0.25) is 14.4 Å². The number of carbonyl (C=O) groups is 4. The number of hydrogen-bond acceptors (Lipinski definition) is 8. The summed E-state index contributed by atoms with van der Waals surface area (Å²) in [5.74, 6) is -2.81. The lowest BCUT2D eigenvalue weighted by atomic mass is 10.1. The summed E-state index contributed by atoms with van der Waals surface area (Å²) >= 11 is 1.48. The van der Waals surface area contributed by atoms with Crippen molar-refractivity contribution in [3.63, 3.8) is 0 Å². The van der Waals surface area contributed by atoms with Crippen LogP contribution < -0.4 is 21.3 Å². The zero-order valence-corrected chi connectivity index (χ0v) is 17.3. The maximum atomic E-state index is 12.6. The van der Waals surface area contributed by atoms with Crippen LogP contribution in [0.15, 0.2) is 0 Å². The fraction of sp³-hybridized carbons (Fsp3) is 0.765. The molecule has 1 rings (SSSR count). The Morgan fingerprint density at radius 3 is 2.28 bits per heavy atom. The van der Waals surface area contributed by atoms with Crippen molar-refractivity contribution < 1.29 is 34.5 Å². The molecule has 0 aliphatic carbocycles. The molecule has 12 heteroatoms. The minimum absolute atomic E-state index is 0.311. The Bertz CT molecular complexity index is 584. The number of carbonyl (C=O) groups excluding carboxylic acids is 3. The minimum atomic E-state index is -1.59. The third-order valence-electron chi connectivity index (χ3n) is 4.48. The number of aliphatic hydroxyl groups is 2. The molecule has 0 saturated carbocycles. The summed E-state index contributed by atoms with van der Waals surface area (Å²) in [7, 11) is 0. The summed E-state index contributed by atoms with van der Waals surface area (Å²) in [6, 6.07) is -4.31. The van der Waals surface area contributed by atoms with Crippen molar-refractivity contribution in [2.75, 3.05) is 25.2 Å². The van der Waals surface area contributed by atoms with Crippen molar-refractivity contribution >= 4 is 35.5 Å². The molecule has 0 aromatic heterocycles. The lowest BCUT2D eigenvalue weighted by molar-refractivity contribution is -0.145. The first-order valence-electron chi connectivity index (χ1n) is 9.36. The highest BCUT2D eigenvalue weighted by Crippen LogP contribution is 2.07. The number of nitrogens with one attached hydrogen (secondary N) is 4. The van der Waals surface area contributed by atoms with E-state index in [-0.39, 0.29) is 11.9 Å². The number of carboxylic acid groups (broad SMARTS) is 1. The molecule has 0 aromatic carbocycles. The molecule has 7 N–H and O–H groups in total. The topological polar surface area (TPSA) is 177 Å². The van der Waals surface area contributed by atoms with E-state index in [0.29, 0.717) is 18.6 Å². The van der Waals surface area contributed by atoms with Crippen LogP contribution >= 0.6 is 11.8 Å². The predicted molar refractivity (Wildman–Crippen MR) is 106 cm³/mol. The van der Waals surface area contributed by atoms with E-state index in [0.717, 1.165) is 13.0 Å². The van der Waals surface area contributed by atoms with Crippen molar-refractivity contribution in [3.8, 4) is 0 Å². The van der Waals surface area contributed by atoms with Crippen LogP contribution in [0.3, 0.4) is 0 Å². The van der Waals surface area contributed by atoms with Crippen LogP contribution in [0, 0.1) is 0 Å². The summed E-state index contributed by atoms with van der Waals surface area (Å²) in [5, 5.41) is 38.1. The SMILES string of the molecule is CSCCC(NC(=O)C1CCCN1)C(=O)NC(CO)C(=O)NC(C(=O)O)C(C)O. The van der Waals surface area contributed by atoms with Gasteiger partial charge in [0.1, 0.15) is 12.1 Å². The molecular weight excluding hydrogens is 404 g/mol. The predicted octanol–water partition coefficient (Wildman–Crippen LogP) is -2.60. The lowest BCUT2D eigenvalue weighted by Crippen LogP contribution is -2.59. The van der Waals surface area contributed by atoms with Crippen LogP contribution in [0.1, 0.15) is 26.2 Å². The first-order valence-corrected chi connectivity index (χ1v) is 10.8. The average molecular weight is 435 g/mol. The van der Waals surface area contributed by atoms with E-state index in [9.17, 15) is 29.4 Å². The van der Waals surface area contributed by atoms with Gasteiger partial charge in [-0.1, -0.05) is 0 Å². The Hall–Kier alpha value is -1.89. The smallest absolute Gasteiger partial charge is 0.328 e. The van der Waals surface area contributed by atoms with E-state index in [1.54, 1.807) is 0 Å². The molecule has 166 valence electrons. The van der Waals surface area contributed by atoms with Gasteiger partial charge in [-0.05, 0) is 44.7 Å². The largest absolute Gasteiger partial charge is 0.480 e. The maximum Gasteiger partial charge on any atom is 0.328 e. The summed E-state index contributed by atoms with van der Waals surface area (Å²) in [6.07, 6.45) is 2.32. The van der Waals surface area contributed by atoms with Crippen LogP contribution in [-0.2, 0) is 19.2 Å². The molecule has 1 aliphatic rings. The van der Waals surface area contributed by atoms with Crippen molar-refractivity contribution in [2.45, 2.75) is 56.5 Å². The molecule has 0 aromatic rings. The maximum absolute atomic E-state index is 12.6. The summed E-state index contributed by atoms with van der Waals surface area (Å²) in [4.78, 5) is 48.3. The number of hydrogen-bond donors (Lipinski definition) is 7. The number of carboxylic acids is 1. The average Bonchev–Trinajstić information content (AvgIpc) is 3.21. The molecule has 1 aliphatic heterocycles. The summed E-state index contributed by atoms with van der Waals surface area (Å²) in [5.41, 5.74) is 0. The zero-order valence-electron chi connectivity index (χ0n) is 16.5. The highest BCUT2D eigenvalue weighted by atomic mass is 32.2. The molecule has 0 bridgehead atoms. The van der Waals surface area contributed by atoms with Crippen LogP contribution in [0.25, 0.3) is 0 Å². The van der Waals surface area contributed by atoms with Crippen LogP contribution in [0.2, 0.25) is 0 Å². The number of amides is 3. The van der Waals surface area contributed by atoms with Gasteiger partial charge in [0.25, 0.3) is 0 Å². The monoisotopic (exact) mass is 434 g/mol. The number of thioether (sulfide) groups is 1. The Morgan fingerprint density at radius 1 is 1.14 bits per heavy atom. The van der Waals surface area contributed by atoms with Crippen molar-refractivity contribution in [2.24, 2.45) is 0 Å². The van der Waals surface area contributed by atoms with Gasteiger partial charge in [-0.2, -0.15) is 11.8 Å². The van der Waals surface area contributed by atoms with E-state index in [4.69, 9.17) is 5.11 Å². The van der Waals surface area contributed by atoms with Crippen LogP contribution in [0.5, 0.6) is 0 Å². The van der Waals surface area contributed by atoms with E-state index < -0.39 is 48.6 Å². The van der Waals surface area contributed by atoms with Gasteiger partial charge >= 0.3 is 5.97 Å². The Labute approximate surface area is 173 Å². The van der Waals surface area contributed by atoms with Gasteiger partial charge in [0.2, 0.25) is 17.7 Å². The normalized spacial score (nSPS) is 20.2. The number of rotatable bonds is 12. The molecule has 0 radical (unpaired) electrons. The molecule has 0 spiro atoms. The van der Waals surface area contributed by atoms with Gasteiger partial charge < -0.3 is 36.6 Å². The van der Waals surface area contributed by atoms with Crippen molar-refractivity contribution in [3.05, 3.63) is 0 Å². The lowest BCUT2D eigenvalue weighted by Gasteiger charge is -2.24. The first-order chi connectivity index (χ1) is 13.7. The number of aliphatic carboxylic acids is 1. The zero-order chi connectivity index (χ0) is 22.0. The van der Waals surface area contributed by atoms with Gasteiger partial charge in [0.05, 0.1) is 18.8 Å². The van der Waals surface area contributed by atoms with E-state index >= 15 is 0 Å². The van der Waals surface area contributed by atoms with Gasteiger partial charge in [0, 0.05) is 0 Å². The second-order valence-electron chi connectivity index (χ2n) is 6.80. The molecule has 1 saturated heterocycles. The molecule has 3 amide bonds. The quantitative estimate of drug-likeness (QED) is 0.174. The van der Waals surface area contributed by atoms with Gasteiger partial charge in [-0.25, -0.2) is 4.79 Å². The van der Waals surface area contributed by atoms with E-state index in [1.807, 2.05) is 6.26 Å². The molecule has 1 fully saturated rings. The summed E-state index contributed by atoms with van der Waals surface area (Å²) in [6.45, 7) is 1.13. The van der Waals surface area contributed by atoms with E-state index in [2.05, 4.69) is 21.3 Å². The Balaban J connectivity index is 2.76. The standard InChI is InChI=1S/C17H30N4O7S/c1-9(23)13(17(27)28)21-16(26)12(8-22)20-15(25)11(5-7-29-2)19-14(24)10-4-3-6-18-10/h9-13,18,22-23H,3-8H2,1-2H3,(H,19,24)(H,20,25)(H,21,26)(H,27,28).